The highest BCUT2D eigenvalue weighted by Crippen LogP contribution is 2.31. The SMILES string of the molecule is S=C(Nc1nc2c(ccc3ccccc32)s1)NC1CCCCC1. The molecular weight excluding hydrogens is 322 g/mol. The zero-order valence-corrected chi connectivity index (χ0v) is 14.5. The quantitative estimate of drug-likeness (QED) is 0.638. The van der Waals surface area contributed by atoms with Gasteiger partial charge in [0.25, 0.3) is 0 Å². The molecule has 1 saturated carbocycles. The maximum Gasteiger partial charge on any atom is 0.190 e. The molecular formula is C18H19N3S2. The van der Waals surface area contributed by atoms with E-state index in [2.05, 4.69) is 47.0 Å². The number of anilines is 1. The molecule has 0 unspecified atom stereocenters. The minimum atomic E-state index is 0.513. The number of benzene rings is 2. The molecule has 4 rings (SSSR count). The molecule has 0 bridgehead atoms. The molecule has 3 aromatic rings. The summed E-state index contributed by atoms with van der Waals surface area (Å²) in [7, 11) is 0. The van der Waals surface area contributed by atoms with Crippen LogP contribution >= 0.6 is 23.6 Å². The van der Waals surface area contributed by atoms with Crippen LogP contribution in [-0.2, 0) is 0 Å². The van der Waals surface area contributed by atoms with Crippen LogP contribution in [0.25, 0.3) is 21.0 Å². The highest BCUT2D eigenvalue weighted by molar-refractivity contribution is 7.80. The van der Waals surface area contributed by atoms with E-state index < -0.39 is 0 Å². The highest BCUT2D eigenvalue weighted by atomic mass is 32.1. The van der Waals surface area contributed by atoms with Crippen molar-refractivity contribution in [3.8, 4) is 0 Å². The van der Waals surface area contributed by atoms with Crippen LogP contribution in [0.2, 0.25) is 0 Å². The minimum Gasteiger partial charge on any atom is -0.360 e. The maximum absolute atomic E-state index is 5.46. The first-order valence-electron chi connectivity index (χ1n) is 8.15. The Morgan fingerprint density at radius 2 is 1.91 bits per heavy atom. The molecule has 23 heavy (non-hydrogen) atoms. The second kappa shape index (κ2) is 6.42. The fourth-order valence-corrected chi connectivity index (χ4v) is 4.49. The third-order valence-electron chi connectivity index (χ3n) is 4.44. The number of thiocarbonyl (C=S) groups is 1. The number of nitrogens with zero attached hydrogens (tertiary/aromatic N) is 1. The molecule has 0 aliphatic heterocycles. The van der Waals surface area contributed by atoms with E-state index >= 15 is 0 Å². The van der Waals surface area contributed by atoms with Crippen LogP contribution in [0.5, 0.6) is 0 Å². The lowest BCUT2D eigenvalue weighted by Gasteiger charge is -2.23. The molecule has 2 aromatic carbocycles. The number of hydrogen-bond acceptors (Lipinski definition) is 3. The van der Waals surface area contributed by atoms with Crippen molar-refractivity contribution in [2.24, 2.45) is 0 Å². The Hall–Kier alpha value is -1.72. The zero-order chi connectivity index (χ0) is 15.6. The van der Waals surface area contributed by atoms with Gasteiger partial charge in [0.05, 0.1) is 10.2 Å². The van der Waals surface area contributed by atoms with Crippen molar-refractivity contribution < 1.29 is 0 Å². The van der Waals surface area contributed by atoms with Crippen LogP contribution in [0.4, 0.5) is 5.13 Å². The van der Waals surface area contributed by atoms with Gasteiger partial charge in [0.15, 0.2) is 10.2 Å². The van der Waals surface area contributed by atoms with Gasteiger partial charge in [-0.15, -0.1) is 0 Å². The summed E-state index contributed by atoms with van der Waals surface area (Å²) in [6.45, 7) is 0. The van der Waals surface area contributed by atoms with E-state index in [1.54, 1.807) is 11.3 Å². The van der Waals surface area contributed by atoms with Gasteiger partial charge >= 0.3 is 0 Å². The van der Waals surface area contributed by atoms with Crippen molar-refractivity contribution in [3.63, 3.8) is 0 Å². The van der Waals surface area contributed by atoms with Crippen molar-refractivity contribution in [3.05, 3.63) is 36.4 Å². The van der Waals surface area contributed by atoms with Gasteiger partial charge in [-0.3, -0.25) is 0 Å². The van der Waals surface area contributed by atoms with Gasteiger partial charge in [-0.05, 0) is 36.5 Å². The maximum atomic E-state index is 5.46. The van der Waals surface area contributed by atoms with Gasteiger partial charge in [-0.1, -0.05) is 60.9 Å². The number of hydrogen-bond donors (Lipinski definition) is 2. The third-order valence-corrected chi connectivity index (χ3v) is 5.60. The summed E-state index contributed by atoms with van der Waals surface area (Å²) < 4.78 is 1.19. The molecule has 0 atom stereocenters. The largest absolute Gasteiger partial charge is 0.360 e. The molecule has 5 heteroatoms. The monoisotopic (exact) mass is 341 g/mol. The molecule has 118 valence electrons. The molecule has 1 aliphatic rings. The van der Waals surface area contributed by atoms with Gasteiger partial charge in [0, 0.05) is 11.4 Å². The molecule has 0 spiro atoms. The Balaban J connectivity index is 1.54. The molecule has 0 radical (unpaired) electrons. The summed E-state index contributed by atoms with van der Waals surface area (Å²) in [6, 6.07) is 13.2. The number of rotatable bonds is 2. The highest BCUT2D eigenvalue weighted by Gasteiger charge is 2.15. The average Bonchev–Trinajstić information content (AvgIpc) is 2.98. The van der Waals surface area contributed by atoms with Crippen LogP contribution in [0.3, 0.4) is 0 Å². The zero-order valence-electron chi connectivity index (χ0n) is 12.8. The number of thiazole rings is 1. The van der Waals surface area contributed by atoms with Crippen molar-refractivity contribution in [2.75, 3.05) is 5.32 Å². The van der Waals surface area contributed by atoms with Crippen LogP contribution < -0.4 is 10.6 Å². The second-order valence-electron chi connectivity index (χ2n) is 6.09. The summed E-state index contributed by atoms with van der Waals surface area (Å²) in [5.74, 6) is 0. The summed E-state index contributed by atoms with van der Waals surface area (Å²) in [5.41, 5.74) is 1.05. The van der Waals surface area contributed by atoms with Gasteiger partial charge < -0.3 is 10.6 Å². The Morgan fingerprint density at radius 1 is 1.09 bits per heavy atom. The molecule has 1 heterocycles. The fourth-order valence-electron chi connectivity index (χ4n) is 3.28. The Bertz CT molecular complexity index is 850. The van der Waals surface area contributed by atoms with E-state index in [4.69, 9.17) is 17.2 Å². The van der Waals surface area contributed by atoms with E-state index in [-0.39, 0.29) is 0 Å². The second-order valence-corrected chi connectivity index (χ2v) is 7.52. The number of fused-ring (bicyclic) bond motifs is 3. The van der Waals surface area contributed by atoms with E-state index in [1.165, 1.54) is 47.6 Å². The standard InChI is InChI=1S/C18H19N3S2/c22-17(19-13-7-2-1-3-8-13)21-18-20-16-14-9-5-4-6-12(14)10-11-15(16)23-18/h4-6,9-11,13H,1-3,7-8H2,(H2,19,20,21,22). The first-order valence-corrected chi connectivity index (χ1v) is 9.38. The molecule has 0 amide bonds. The van der Waals surface area contributed by atoms with Gasteiger partial charge in [0.1, 0.15) is 0 Å². The normalized spacial score (nSPS) is 15.8. The lowest BCUT2D eigenvalue weighted by atomic mass is 9.96. The van der Waals surface area contributed by atoms with Crippen molar-refractivity contribution >= 4 is 54.8 Å². The average molecular weight is 342 g/mol. The fraction of sp³-hybridized carbons (Fsp3) is 0.333. The molecule has 0 saturated heterocycles. The van der Waals surface area contributed by atoms with Crippen LogP contribution in [0.15, 0.2) is 36.4 Å². The first kappa shape index (κ1) is 14.8. The predicted octanol–water partition coefficient (Wildman–Crippen LogP) is 5.07. The van der Waals surface area contributed by atoms with E-state index in [9.17, 15) is 0 Å². The van der Waals surface area contributed by atoms with Crippen LogP contribution in [0, 0.1) is 0 Å². The Labute approximate surface area is 145 Å². The third kappa shape index (κ3) is 3.16. The lowest BCUT2D eigenvalue weighted by Crippen LogP contribution is -2.38. The number of aromatic nitrogens is 1. The summed E-state index contributed by atoms with van der Waals surface area (Å²) in [5, 5.41) is 10.7. The Morgan fingerprint density at radius 3 is 2.78 bits per heavy atom. The molecule has 1 aliphatic carbocycles. The smallest absolute Gasteiger partial charge is 0.190 e. The summed E-state index contributed by atoms with van der Waals surface area (Å²) in [4.78, 5) is 4.75. The van der Waals surface area contributed by atoms with Gasteiger partial charge in [-0.25, -0.2) is 4.98 Å². The lowest BCUT2D eigenvalue weighted by molar-refractivity contribution is 0.415. The molecule has 1 fully saturated rings. The van der Waals surface area contributed by atoms with E-state index in [1.807, 2.05) is 0 Å². The number of nitrogens with one attached hydrogen (secondary N) is 2. The first-order chi connectivity index (χ1) is 11.3. The van der Waals surface area contributed by atoms with Crippen molar-refractivity contribution in [1.82, 2.24) is 10.3 Å². The Kier molecular flexibility index (Phi) is 4.14. The van der Waals surface area contributed by atoms with Crippen molar-refractivity contribution in [2.45, 2.75) is 38.1 Å². The summed E-state index contributed by atoms with van der Waals surface area (Å²) >= 11 is 7.11. The van der Waals surface area contributed by atoms with E-state index in [0.29, 0.717) is 11.2 Å². The summed E-state index contributed by atoms with van der Waals surface area (Å²) in [6.07, 6.45) is 6.38. The van der Waals surface area contributed by atoms with Gasteiger partial charge in [-0.2, -0.15) is 0 Å². The topological polar surface area (TPSA) is 37.0 Å². The predicted molar refractivity (Wildman–Crippen MR) is 103 cm³/mol. The molecule has 2 N–H and O–H groups in total. The van der Waals surface area contributed by atoms with E-state index in [0.717, 1.165) is 10.6 Å². The van der Waals surface area contributed by atoms with Gasteiger partial charge in [0.2, 0.25) is 0 Å². The van der Waals surface area contributed by atoms with Crippen LogP contribution in [0.1, 0.15) is 32.1 Å². The van der Waals surface area contributed by atoms with Crippen molar-refractivity contribution in [1.29, 1.82) is 0 Å². The van der Waals surface area contributed by atoms with Crippen LogP contribution in [-0.4, -0.2) is 16.1 Å². The molecule has 1 aromatic heterocycles. The molecule has 3 nitrogen and oxygen atoms in total. The minimum absolute atomic E-state index is 0.513.